The molecule has 2 atom stereocenters. The number of carbonyl (C=O) groups is 2. The molecule has 0 spiro atoms. The summed E-state index contributed by atoms with van der Waals surface area (Å²) in [5, 5.41) is 0. The van der Waals surface area contributed by atoms with Crippen molar-refractivity contribution in [2.45, 2.75) is 53.8 Å². The summed E-state index contributed by atoms with van der Waals surface area (Å²) in [6.07, 6.45) is -0.991. The standard InChI is InChI=1S/C23H35NO7/c1-22(2,3)18-14-28-12-10-27-11-13-29-15-19(23(4,5)6)31-21(26)17-9-7-8-16(24-17)20(25)30-18/h7-9,18-19H,10-15H2,1-6H3/t18-,19?/m1/s1. The van der Waals surface area contributed by atoms with Gasteiger partial charge >= 0.3 is 11.9 Å². The highest BCUT2D eigenvalue weighted by atomic mass is 16.6. The average Bonchev–Trinajstić information content (AvgIpc) is 2.68. The van der Waals surface area contributed by atoms with Gasteiger partial charge in [-0.05, 0) is 12.1 Å². The quantitative estimate of drug-likeness (QED) is 0.571. The molecular formula is C23H35NO7. The molecule has 1 aliphatic rings. The predicted molar refractivity (Wildman–Crippen MR) is 114 cm³/mol. The fraction of sp³-hybridized carbons (Fsp3) is 0.696. The van der Waals surface area contributed by atoms with E-state index in [0.29, 0.717) is 26.4 Å². The van der Waals surface area contributed by atoms with E-state index in [1.807, 2.05) is 41.5 Å². The van der Waals surface area contributed by atoms with Crippen LogP contribution in [0, 0.1) is 10.8 Å². The summed E-state index contributed by atoms with van der Waals surface area (Å²) in [6, 6.07) is 4.60. The molecule has 0 amide bonds. The Balaban J connectivity index is 2.26. The van der Waals surface area contributed by atoms with Crippen molar-refractivity contribution in [3.8, 4) is 0 Å². The molecule has 1 aromatic heterocycles. The first-order valence-corrected chi connectivity index (χ1v) is 10.6. The first-order chi connectivity index (χ1) is 14.5. The zero-order valence-electron chi connectivity index (χ0n) is 19.4. The smallest absolute Gasteiger partial charge is 0.357 e. The molecule has 2 heterocycles. The first-order valence-electron chi connectivity index (χ1n) is 10.6. The fourth-order valence-electron chi connectivity index (χ4n) is 2.68. The number of fused-ring (bicyclic) bond motifs is 2. The normalized spacial score (nSPS) is 23.3. The van der Waals surface area contributed by atoms with E-state index < -0.39 is 24.1 Å². The zero-order valence-corrected chi connectivity index (χ0v) is 19.4. The highest BCUT2D eigenvalue weighted by Crippen LogP contribution is 2.25. The summed E-state index contributed by atoms with van der Waals surface area (Å²) in [6.45, 7) is 13.8. The molecule has 1 aliphatic heterocycles. The SMILES string of the molecule is CC(C)(C)C1COCCOCCOC[C@H](C(C)(C)C)OC(=O)c2cccc(n2)C(=O)O1. The van der Waals surface area contributed by atoms with Crippen LogP contribution < -0.4 is 0 Å². The summed E-state index contributed by atoms with van der Waals surface area (Å²) in [4.78, 5) is 29.6. The van der Waals surface area contributed by atoms with E-state index >= 15 is 0 Å². The van der Waals surface area contributed by atoms with Gasteiger partial charge in [-0.2, -0.15) is 0 Å². The van der Waals surface area contributed by atoms with Crippen molar-refractivity contribution in [3.05, 3.63) is 29.6 Å². The number of ether oxygens (including phenoxy) is 5. The van der Waals surface area contributed by atoms with Gasteiger partial charge in [-0.25, -0.2) is 14.6 Å². The maximum atomic E-state index is 12.7. The molecule has 1 unspecified atom stereocenters. The van der Waals surface area contributed by atoms with Crippen molar-refractivity contribution >= 4 is 11.9 Å². The highest BCUT2D eigenvalue weighted by molar-refractivity contribution is 5.91. The Morgan fingerprint density at radius 1 is 0.710 bits per heavy atom. The van der Waals surface area contributed by atoms with Crippen molar-refractivity contribution in [1.29, 1.82) is 0 Å². The number of carbonyl (C=O) groups excluding carboxylic acids is 2. The monoisotopic (exact) mass is 437 g/mol. The van der Waals surface area contributed by atoms with E-state index in [1.165, 1.54) is 12.1 Å². The lowest BCUT2D eigenvalue weighted by atomic mass is 9.89. The Bertz CT molecular complexity index is 679. The number of pyridine rings is 1. The van der Waals surface area contributed by atoms with Crippen molar-refractivity contribution in [3.63, 3.8) is 0 Å². The van der Waals surface area contributed by atoms with Crippen LogP contribution in [0.2, 0.25) is 0 Å². The van der Waals surface area contributed by atoms with Crippen LogP contribution in [-0.2, 0) is 23.7 Å². The molecule has 174 valence electrons. The minimum absolute atomic E-state index is 0.0386. The topological polar surface area (TPSA) is 93.2 Å². The molecule has 0 aliphatic carbocycles. The second-order valence-electron chi connectivity index (χ2n) is 9.69. The van der Waals surface area contributed by atoms with Crippen LogP contribution in [0.4, 0.5) is 0 Å². The fourth-order valence-corrected chi connectivity index (χ4v) is 2.68. The number of rotatable bonds is 0. The molecule has 2 bridgehead atoms. The average molecular weight is 438 g/mol. The molecule has 0 saturated carbocycles. The van der Waals surface area contributed by atoms with Gasteiger partial charge in [0.2, 0.25) is 0 Å². The Morgan fingerprint density at radius 2 is 1.10 bits per heavy atom. The van der Waals surface area contributed by atoms with Gasteiger partial charge in [0.15, 0.2) is 0 Å². The van der Waals surface area contributed by atoms with Gasteiger partial charge in [0.1, 0.15) is 23.6 Å². The van der Waals surface area contributed by atoms with Crippen LogP contribution in [0.3, 0.4) is 0 Å². The minimum Gasteiger partial charge on any atom is -0.455 e. The Labute approximate surface area is 184 Å². The van der Waals surface area contributed by atoms with Crippen LogP contribution in [0.15, 0.2) is 18.2 Å². The van der Waals surface area contributed by atoms with Crippen LogP contribution in [0.5, 0.6) is 0 Å². The molecule has 0 fully saturated rings. The lowest BCUT2D eigenvalue weighted by Crippen LogP contribution is -2.37. The first kappa shape index (κ1) is 25.2. The van der Waals surface area contributed by atoms with Crippen LogP contribution in [-0.4, -0.2) is 68.8 Å². The van der Waals surface area contributed by atoms with E-state index in [4.69, 9.17) is 23.7 Å². The van der Waals surface area contributed by atoms with E-state index in [0.717, 1.165) is 0 Å². The van der Waals surface area contributed by atoms with Crippen molar-refractivity contribution in [2.24, 2.45) is 10.8 Å². The molecule has 0 N–H and O–H groups in total. The van der Waals surface area contributed by atoms with Crippen LogP contribution >= 0.6 is 0 Å². The number of cyclic esters (lactones) is 2. The largest absolute Gasteiger partial charge is 0.455 e. The van der Waals surface area contributed by atoms with Gasteiger partial charge in [0.25, 0.3) is 0 Å². The van der Waals surface area contributed by atoms with E-state index in [-0.39, 0.29) is 35.4 Å². The molecule has 2 rings (SSSR count). The third-order valence-corrected chi connectivity index (χ3v) is 4.88. The lowest BCUT2D eigenvalue weighted by molar-refractivity contribution is -0.0657. The predicted octanol–water partition coefficient (Wildman–Crippen LogP) is 3.29. The third-order valence-electron chi connectivity index (χ3n) is 4.88. The summed E-state index contributed by atoms with van der Waals surface area (Å²) in [5.74, 6) is -1.24. The summed E-state index contributed by atoms with van der Waals surface area (Å²) < 4.78 is 28.2. The number of nitrogens with zero attached hydrogens (tertiary/aromatic N) is 1. The number of hydrogen-bond donors (Lipinski definition) is 0. The lowest BCUT2D eigenvalue weighted by Gasteiger charge is -2.30. The number of esters is 2. The van der Waals surface area contributed by atoms with Crippen LogP contribution in [0.25, 0.3) is 0 Å². The van der Waals surface area contributed by atoms with Gasteiger partial charge < -0.3 is 23.7 Å². The van der Waals surface area contributed by atoms with Crippen molar-refractivity contribution < 1.29 is 33.3 Å². The van der Waals surface area contributed by atoms with E-state index in [9.17, 15) is 9.59 Å². The number of hydrogen-bond acceptors (Lipinski definition) is 8. The maximum Gasteiger partial charge on any atom is 0.357 e. The summed E-state index contributed by atoms with van der Waals surface area (Å²) in [7, 11) is 0. The van der Waals surface area contributed by atoms with Gasteiger partial charge in [0.05, 0.1) is 39.6 Å². The molecule has 0 saturated heterocycles. The molecule has 8 nitrogen and oxygen atoms in total. The second-order valence-corrected chi connectivity index (χ2v) is 9.69. The van der Waals surface area contributed by atoms with Crippen molar-refractivity contribution in [1.82, 2.24) is 4.98 Å². The molecule has 31 heavy (non-hydrogen) atoms. The zero-order chi connectivity index (χ0) is 23.1. The molecule has 1 aromatic rings. The van der Waals surface area contributed by atoms with Gasteiger partial charge in [0, 0.05) is 10.8 Å². The Morgan fingerprint density at radius 3 is 1.48 bits per heavy atom. The molecule has 0 aromatic carbocycles. The highest BCUT2D eigenvalue weighted by Gasteiger charge is 2.31. The summed E-state index contributed by atoms with van der Waals surface area (Å²) >= 11 is 0. The second kappa shape index (κ2) is 11.0. The van der Waals surface area contributed by atoms with E-state index in [1.54, 1.807) is 6.07 Å². The van der Waals surface area contributed by atoms with Gasteiger partial charge in [-0.3, -0.25) is 0 Å². The number of aromatic nitrogens is 1. The van der Waals surface area contributed by atoms with Crippen molar-refractivity contribution in [2.75, 3.05) is 39.6 Å². The molecular weight excluding hydrogens is 402 g/mol. The molecule has 0 radical (unpaired) electrons. The summed E-state index contributed by atoms with van der Waals surface area (Å²) in [5.41, 5.74) is -0.614. The van der Waals surface area contributed by atoms with Crippen LogP contribution in [0.1, 0.15) is 62.5 Å². The minimum atomic E-state index is -0.619. The third kappa shape index (κ3) is 8.20. The molecule has 8 heteroatoms. The van der Waals surface area contributed by atoms with E-state index in [2.05, 4.69) is 4.98 Å². The van der Waals surface area contributed by atoms with Gasteiger partial charge in [-0.1, -0.05) is 47.6 Å². The Kier molecular flexibility index (Phi) is 8.97. The maximum absolute atomic E-state index is 12.7. The van der Waals surface area contributed by atoms with Gasteiger partial charge in [-0.15, -0.1) is 0 Å². The Hall–Kier alpha value is -2.03.